The van der Waals surface area contributed by atoms with Crippen molar-refractivity contribution < 1.29 is 45.3 Å². The molecule has 0 aliphatic heterocycles. The highest BCUT2D eigenvalue weighted by Crippen LogP contribution is 2.33. The zero-order valence-electron chi connectivity index (χ0n) is 15.1. The summed E-state index contributed by atoms with van der Waals surface area (Å²) in [6.45, 7) is 0. The minimum Gasteiger partial charge on any atom is -0.506 e. The van der Waals surface area contributed by atoms with Gasteiger partial charge in [-0.05, 0) is 29.8 Å². The Kier molecular flexibility index (Phi) is 6.33. The van der Waals surface area contributed by atoms with Gasteiger partial charge >= 0.3 is 0 Å². The van der Waals surface area contributed by atoms with Crippen molar-refractivity contribution in [3.8, 4) is 17.2 Å². The van der Waals surface area contributed by atoms with Crippen LogP contribution in [0, 0.1) is 0 Å². The number of allylic oxidation sites excluding steroid dienone is 1. The van der Waals surface area contributed by atoms with Crippen molar-refractivity contribution in [3.05, 3.63) is 47.5 Å². The van der Waals surface area contributed by atoms with E-state index in [2.05, 4.69) is 0 Å². The molecule has 0 saturated heterocycles. The summed E-state index contributed by atoms with van der Waals surface area (Å²) >= 11 is 0. The Balaban J connectivity index is 2.51. The topological polar surface area (TPSA) is 164 Å². The van der Waals surface area contributed by atoms with Crippen molar-refractivity contribution in [1.29, 1.82) is 0 Å². The maximum absolute atomic E-state index is 12.5. The van der Waals surface area contributed by atoms with Crippen LogP contribution in [0.15, 0.2) is 46.2 Å². The lowest BCUT2D eigenvalue weighted by Gasteiger charge is -2.12. The van der Waals surface area contributed by atoms with Crippen molar-refractivity contribution in [2.75, 3.05) is 14.2 Å². The monoisotopic (exact) mass is 444 g/mol. The molecule has 0 unspecified atom stereocenters. The molecule has 0 aliphatic rings. The van der Waals surface area contributed by atoms with Gasteiger partial charge in [0, 0.05) is 6.07 Å². The van der Waals surface area contributed by atoms with Crippen LogP contribution in [0.3, 0.4) is 0 Å². The second-order valence-corrected chi connectivity index (χ2v) is 8.36. The summed E-state index contributed by atoms with van der Waals surface area (Å²) in [5, 5.41) is 9.51. The maximum Gasteiger partial charge on any atom is 0.298 e. The molecule has 0 fully saturated rings. The zero-order valence-corrected chi connectivity index (χ0v) is 16.7. The third-order valence-electron chi connectivity index (χ3n) is 3.72. The Labute approximate surface area is 166 Å². The normalized spacial score (nSPS) is 12.1. The van der Waals surface area contributed by atoms with E-state index in [4.69, 9.17) is 14.0 Å². The molecule has 0 atom stereocenters. The number of carbonyl (C=O) groups excluding carboxylic acids is 1. The van der Waals surface area contributed by atoms with Crippen LogP contribution in [0.1, 0.15) is 15.9 Å². The smallest absolute Gasteiger partial charge is 0.298 e. The van der Waals surface area contributed by atoms with Gasteiger partial charge in [0.05, 0.1) is 19.8 Å². The van der Waals surface area contributed by atoms with Gasteiger partial charge in [0.1, 0.15) is 27.0 Å². The van der Waals surface area contributed by atoms with Gasteiger partial charge in [0.2, 0.25) is 0 Å². The van der Waals surface area contributed by atoms with Crippen LogP contribution in [0.2, 0.25) is 0 Å². The molecule has 0 aliphatic carbocycles. The zero-order chi connectivity index (χ0) is 22.0. The van der Waals surface area contributed by atoms with Gasteiger partial charge in [-0.15, -0.1) is 0 Å². The minimum absolute atomic E-state index is 0.0340. The van der Waals surface area contributed by atoms with Crippen LogP contribution < -0.4 is 9.47 Å². The average molecular weight is 444 g/mol. The van der Waals surface area contributed by atoms with E-state index in [-0.39, 0.29) is 22.6 Å². The van der Waals surface area contributed by atoms with Gasteiger partial charge in [-0.1, -0.05) is 12.1 Å². The van der Waals surface area contributed by atoms with Crippen molar-refractivity contribution in [1.82, 2.24) is 0 Å². The number of hydrogen-bond acceptors (Lipinski definition) is 8. The number of methoxy groups -OCH3 is 2. The van der Waals surface area contributed by atoms with Gasteiger partial charge in [0.15, 0.2) is 5.78 Å². The SMILES string of the molecule is COc1cc(OC)c(S(=O)(=O)O)cc1C(=O)/C=C/c1ccc(O)c(S(=O)(=O)O)c1. The Bertz CT molecular complexity index is 1190. The predicted molar refractivity (Wildman–Crippen MR) is 101 cm³/mol. The summed E-state index contributed by atoms with van der Waals surface area (Å²) in [5.74, 6) is -1.68. The molecular weight excluding hydrogens is 428 g/mol. The first-order valence-corrected chi connectivity index (χ1v) is 10.5. The third-order valence-corrected chi connectivity index (χ3v) is 5.48. The number of hydrogen-bond donors (Lipinski definition) is 3. The highest BCUT2D eigenvalue weighted by molar-refractivity contribution is 7.86. The molecule has 10 nitrogen and oxygen atoms in total. The standard InChI is InChI=1S/C17H16O10S2/c1-26-14-9-15(27-2)17(29(23,24)25)8-11(14)12(18)5-3-10-4-6-13(19)16(7-10)28(20,21)22/h3-9,19H,1-2H3,(H,20,21,22)(H,23,24,25)/b5-3+. The molecule has 0 spiro atoms. The largest absolute Gasteiger partial charge is 0.506 e. The summed E-state index contributed by atoms with van der Waals surface area (Å²) in [5.41, 5.74) is -0.0720. The molecule has 2 aromatic rings. The van der Waals surface area contributed by atoms with Crippen LogP contribution in [-0.2, 0) is 20.2 Å². The third kappa shape index (κ3) is 5.12. The summed E-state index contributed by atoms with van der Waals surface area (Å²) in [6.07, 6.45) is 2.16. The van der Waals surface area contributed by atoms with Crippen LogP contribution in [0.4, 0.5) is 0 Å². The van der Waals surface area contributed by atoms with E-state index in [0.29, 0.717) is 0 Å². The lowest BCUT2D eigenvalue weighted by molar-refractivity contribution is 0.104. The van der Waals surface area contributed by atoms with Crippen molar-refractivity contribution in [2.45, 2.75) is 9.79 Å². The van der Waals surface area contributed by atoms with E-state index >= 15 is 0 Å². The first-order chi connectivity index (χ1) is 13.4. The van der Waals surface area contributed by atoms with Crippen molar-refractivity contribution in [2.24, 2.45) is 0 Å². The number of ether oxygens (including phenoxy) is 2. The summed E-state index contributed by atoms with van der Waals surface area (Å²) in [7, 11) is -6.98. The Morgan fingerprint density at radius 3 is 2.00 bits per heavy atom. The second kappa shape index (κ2) is 8.21. The highest BCUT2D eigenvalue weighted by atomic mass is 32.2. The molecule has 12 heteroatoms. The van der Waals surface area contributed by atoms with E-state index in [1.165, 1.54) is 26.4 Å². The van der Waals surface area contributed by atoms with E-state index in [9.17, 15) is 31.3 Å². The first kappa shape index (κ1) is 22.4. The summed E-state index contributed by atoms with van der Waals surface area (Å²) < 4.78 is 73.9. The first-order valence-electron chi connectivity index (χ1n) is 7.65. The van der Waals surface area contributed by atoms with Crippen LogP contribution >= 0.6 is 0 Å². The lowest BCUT2D eigenvalue weighted by atomic mass is 10.1. The van der Waals surface area contributed by atoms with Gasteiger partial charge in [-0.3, -0.25) is 13.9 Å². The molecule has 2 rings (SSSR count). The fourth-order valence-electron chi connectivity index (χ4n) is 2.37. The molecule has 156 valence electrons. The van der Waals surface area contributed by atoms with E-state index < -0.39 is 41.6 Å². The second-order valence-electron chi connectivity index (χ2n) is 5.58. The molecular formula is C17H16O10S2. The molecule has 0 bridgehead atoms. The van der Waals surface area contributed by atoms with Gasteiger partial charge < -0.3 is 14.6 Å². The van der Waals surface area contributed by atoms with Crippen molar-refractivity contribution in [3.63, 3.8) is 0 Å². The number of carbonyl (C=O) groups is 1. The number of benzene rings is 2. The number of ketones is 1. The summed E-state index contributed by atoms with van der Waals surface area (Å²) in [6, 6.07) is 5.21. The molecule has 0 aromatic heterocycles. The fourth-order valence-corrected chi connectivity index (χ4v) is 3.65. The van der Waals surface area contributed by atoms with Crippen LogP contribution in [0.25, 0.3) is 6.08 Å². The molecule has 2 aromatic carbocycles. The summed E-state index contributed by atoms with van der Waals surface area (Å²) in [4.78, 5) is 11.1. The van der Waals surface area contributed by atoms with E-state index in [1.807, 2.05) is 0 Å². The molecule has 29 heavy (non-hydrogen) atoms. The molecule has 0 heterocycles. The highest BCUT2D eigenvalue weighted by Gasteiger charge is 2.23. The van der Waals surface area contributed by atoms with Gasteiger partial charge in [-0.2, -0.15) is 16.8 Å². The minimum atomic E-state index is -4.70. The van der Waals surface area contributed by atoms with Crippen molar-refractivity contribution >= 4 is 32.1 Å². The van der Waals surface area contributed by atoms with E-state index in [0.717, 1.165) is 30.3 Å². The Morgan fingerprint density at radius 2 is 1.48 bits per heavy atom. The predicted octanol–water partition coefficient (Wildman–Crippen LogP) is 1.80. The Morgan fingerprint density at radius 1 is 0.897 bits per heavy atom. The number of phenolic OH excluding ortho intramolecular Hbond substituents is 1. The van der Waals surface area contributed by atoms with Gasteiger partial charge in [-0.25, -0.2) is 0 Å². The lowest BCUT2D eigenvalue weighted by Crippen LogP contribution is -2.06. The number of rotatable bonds is 7. The van der Waals surface area contributed by atoms with E-state index in [1.54, 1.807) is 0 Å². The van der Waals surface area contributed by atoms with Gasteiger partial charge in [0.25, 0.3) is 20.2 Å². The number of aromatic hydroxyl groups is 1. The molecule has 0 amide bonds. The van der Waals surface area contributed by atoms with Crippen LogP contribution in [-0.4, -0.2) is 51.1 Å². The quantitative estimate of drug-likeness (QED) is 0.326. The average Bonchev–Trinajstić information content (AvgIpc) is 2.64. The van der Waals surface area contributed by atoms with Crippen LogP contribution in [0.5, 0.6) is 17.2 Å². The number of phenols is 1. The molecule has 3 N–H and O–H groups in total. The molecule has 0 radical (unpaired) electrons. The molecule has 0 saturated carbocycles. The Hall–Kier alpha value is -2.93. The maximum atomic E-state index is 12.5. The fraction of sp³-hybridized carbons (Fsp3) is 0.118.